The lowest BCUT2D eigenvalue weighted by Gasteiger charge is -2.31. The van der Waals surface area contributed by atoms with E-state index in [4.69, 9.17) is 4.74 Å². The molecule has 0 spiro atoms. The molecule has 0 aromatic carbocycles. The summed E-state index contributed by atoms with van der Waals surface area (Å²) in [5.74, 6) is 0.231. The van der Waals surface area contributed by atoms with Crippen LogP contribution >= 0.6 is 0 Å². The zero-order valence-electron chi connectivity index (χ0n) is 10.2. The largest absolute Gasteiger partial charge is 0.378 e. The molecule has 4 unspecified atom stereocenters. The van der Waals surface area contributed by atoms with Gasteiger partial charge in [0, 0.05) is 12.1 Å². The van der Waals surface area contributed by atoms with Gasteiger partial charge in [0.25, 0.3) is 0 Å². The number of carbonyl (C=O) groups excluding carboxylic acids is 1. The van der Waals surface area contributed by atoms with Gasteiger partial charge in [-0.2, -0.15) is 0 Å². The predicted molar refractivity (Wildman–Crippen MR) is 62.2 cm³/mol. The summed E-state index contributed by atoms with van der Waals surface area (Å²) in [6.07, 6.45) is 3.33. The summed E-state index contributed by atoms with van der Waals surface area (Å²) in [5, 5.41) is 6.54. The van der Waals surface area contributed by atoms with Crippen LogP contribution in [0.15, 0.2) is 0 Å². The van der Waals surface area contributed by atoms with Gasteiger partial charge in [0.05, 0.1) is 18.6 Å². The van der Waals surface area contributed by atoms with Crippen LogP contribution in [0.25, 0.3) is 0 Å². The molecule has 4 atom stereocenters. The van der Waals surface area contributed by atoms with E-state index in [0.717, 1.165) is 25.8 Å². The van der Waals surface area contributed by atoms with Crippen molar-refractivity contribution in [2.75, 3.05) is 13.2 Å². The molecule has 2 N–H and O–H groups in total. The van der Waals surface area contributed by atoms with Gasteiger partial charge in [0.2, 0.25) is 5.91 Å². The zero-order chi connectivity index (χ0) is 11.5. The van der Waals surface area contributed by atoms with Crippen LogP contribution in [0.5, 0.6) is 0 Å². The van der Waals surface area contributed by atoms with Crippen LogP contribution < -0.4 is 10.6 Å². The fourth-order valence-electron chi connectivity index (χ4n) is 2.54. The summed E-state index contributed by atoms with van der Waals surface area (Å²) >= 11 is 0. The van der Waals surface area contributed by atoms with Crippen molar-refractivity contribution >= 4 is 5.91 Å². The fourth-order valence-corrected chi connectivity index (χ4v) is 2.54. The number of hydrogen-bond acceptors (Lipinski definition) is 3. The molecule has 2 aliphatic heterocycles. The lowest BCUT2D eigenvalue weighted by Crippen LogP contribution is -2.53. The first-order valence-corrected chi connectivity index (χ1v) is 6.32. The summed E-state index contributed by atoms with van der Waals surface area (Å²) in [7, 11) is 0. The van der Waals surface area contributed by atoms with Crippen molar-refractivity contribution in [2.24, 2.45) is 5.92 Å². The Morgan fingerprint density at radius 3 is 2.88 bits per heavy atom. The Kier molecular flexibility index (Phi) is 3.82. The molecule has 2 saturated heterocycles. The van der Waals surface area contributed by atoms with Crippen LogP contribution in [0.3, 0.4) is 0 Å². The van der Waals surface area contributed by atoms with Crippen molar-refractivity contribution in [1.29, 1.82) is 0 Å². The summed E-state index contributed by atoms with van der Waals surface area (Å²) < 4.78 is 5.43. The number of piperidine rings is 1. The quantitative estimate of drug-likeness (QED) is 0.727. The highest BCUT2D eigenvalue weighted by Crippen LogP contribution is 2.20. The molecular weight excluding hydrogens is 204 g/mol. The molecule has 0 aromatic heterocycles. The predicted octanol–water partition coefficient (Wildman–Crippen LogP) is 0.668. The van der Waals surface area contributed by atoms with E-state index in [1.54, 1.807) is 0 Å². The van der Waals surface area contributed by atoms with E-state index in [1.165, 1.54) is 0 Å². The van der Waals surface area contributed by atoms with E-state index in [1.807, 2.05) is 6.92 Å². The van der Waals surface area contributed by atoms with Crippen molar-refractivity contribution in [3.63, 3.8) is 0 Å². The molecule has 0 bridgehead atoms. The molecule has 2 fully saturated rings. The molecule has 2 heterocycles. The van der Waals surface area contributed by atoms with Gasteiger partial charge in [-0.15, -0.1) is 0 Å². The third kappa shape index (κ3) is 2.74. The Hall–Kier alpha value is -0.610. The minimum atomic E-state index is 0.0594. The Balaban J connectivity index is 1.82. The average Bonchev–Trinajstić information content (AvgIpc) is 2.68. The second-order valence-electron chi connectivity index (χ2n) is 5.08. The van der Waals surface area contributed by atoms with E-state index in [9.17, 15) is 4.79 Å². The van der Waals surface area contributed by atoms with Crippen LogP contribution in [-0.2, 0) is 9.53 Å². The average molecular weight is 226 g/mol. The Labute approximate surface area is 97.1 Å². The molecule has 0 aliphatic carbocycles. The van der Waals surface area contributed by atoms with Crippen LogP contribution in [0, 0.1) is 5.92 Å². The minimum Gasteiger partial charge on any atom is -0.378 e. The molecule has 2 rings (SSSR count). The van der Waals surface area contributed by atoms with Crippen molar-refractivity contribution in [2.45, 2.75) is 51.3 Å². The lowest BCUT2D eigenvalue weighted by atomic mass is 9.98. The van der Waals surface area contributed by atoms with Gasteiger partial charge < -0.3 is 15.4 Å². The van der Waals surface area contributed by atoms with Crippen LogP contribution in [0.1, 0.15) is 33.1 Å². The topological polar surface area (TPSA) is 50.4 Å². The Morgan fingerprint density at radius 2 is 2.25 bits per heavy atom. The van der Waals surface area contributed by atoms with E-state index >= 15 is 0 Å². The van der Waals surface area contributed by atoms with Crippen LogP contribution in [0.2, 0.25) is 0 Å². The first-order chi connectivity index (χ1) is 7.66. The van der Waals surface area contributed by atoms with E-state index < -0.39 is 0 Å². The molecule has 2 aliphatic rings. The van der Waals surface area contributed by atoms with Gasteiger partial charge in [-0.25, -0.2) is 0 Å². The van der Waals surface area contributed by atoms with Gasteiger partial charge >= 0.3 is 0 Å². The summed E-state index contributed by atoms with van der Waals surface area (Å²) in [6.45, 7) is 5.81. The summed E-state index contributed by atoms with van der Waals surface area (Å²) in [5.41, 5.74) is 0. The zero-order valence-corrected chi connectivity index (χ0v) is 10.2. The number of rotatable bonds is 2. The molecule has 92 valence electrons. The van der Waals surface area contributed by atoms with Gasteiger partial charge in [0.15, 0.2) is 0 Å². The standard InChI is InChI=1S/C12H22N2O2/c1-8-6-10(7-16-8)12(15)14-11-4-3-5-13-9(11)2/h8-11,13H,3-7H2,1-2H3,(H,14,15). The number of amides is 1. The smallest absolute Gasteiger partial charge is 0.225 e. The van der Waals surface area contributed by atoms with Crippen molar-refractivity contribution in [3.8, 4) is 0 Å². The minimum absolute atomic E-state index is 0.0594. The van der Waals surface area contributed by atoms with E-state index in [0.29, 0.717) is 12.6 Å². The second-order valence-corrected chi connectivity index (χ2v) is 5.08. The molecular formula is C12H22N2O2. The summed E-state index contributed by atoms with van der Waals surface area (Å²) in [4.78, 5) is 12.0. The molecule has 0 aromatic rings. The molecule has 0 radical (unpaired) electrons. The van der Waals surface area contributed by atoms with Crippen LogP contribution in [-0.4, -0.2) is 37.2 Å². The normalized spacial score (nSPS) is 39.6. The van der Waals surface area contributed by atoms with E-state index in [2.05, 4.69) is 17.6 Å². The van der Waals surface area contributed by atoms with E-state index in [-0.39, 0.29) is 24.0 Å². The third-order valence-electron chi connectivity index (χ3n) is 3.66. The molecule has 0 saturated carbocycles. The molecule has 1 amide bonds. The van der Waals surface area contributed by atoms with Gasteiger partial charge in [-0.3, -0.25) is 4.79 Å². The maximum Gasteiger partial charge on any atom is 0.225 e. The first-order valence-electron chi connectivity index (χ1n) is 6.32. The van der Waals surface area contributed by atoms with Crippen LogP contribution in [0.4, 0.5) is 0 Å². The second kappa shape index (κ2) is 5.15. The third-order valence-corrected chi connectivity index (χ3v) is 3.66. The molecule has 16 heavy (non-hydrogen) atoms. The number of ether oxygens (including phenoxy) is 1. The molecule has 4 nitrogen and oxygen atoms in total. The van der Waals surface area contributed by atoms with Gasteiger partial charge in [0.1, 0.15) is 0 Å². The van der Waals surface area contributed by atoms with Crippen molar-refractivity contribution < 1.29 is 9.53 Å². The molecule has 4 heteroatoms. The Bertz CT molecular complexity index is 257. The van der Waals surface area contributed by atoms with Gasteiger partial charge in [-0.05, 0) is 39.7 Å². The number of hydrogen-bond donors (Lipinski definition) is 2. The highest BCUT2D eigenvalue weighted by atomic mass is 16.5. The Morgan fingerprint density at radius 1 is 1.44 bits per heavy atom. The van der Waals surface area contributed by atoms with Gasteiger partial charge in [-0.1, -0.05) is 0 Å². The monoisotopic (exact) mass is 226 g/mol. The number of carbonyl (C=O) groups is 1. The maximum atomic E-state index is 12.0. The van der Waals surface area contributed by atoms with Crippen molar-refractivity contribution in [3.05, 3.63) is 0 Å². The fraction of sp³-hybridized carbons (Fsp3) is 0.917. The first kappa shape index (κ1) is 11.9. The maximum absolute atomic E-state index is 12.0. The summed E-state index contributed by atoms with van der Waals surface area (Å²) in [6, 6.07) is 0.676. The highest BCUT2D eigenvalue weighted by Gasteiger charge is 2.31. The highest BCUT2D eigenvalue weighted by molar-refractivity contribution is 5.79. The van der Waals surface area contributed by atoms with Crippen molar-refractivity contribution in [1.82, 2.24) is 10.6 Å². The number of nitrogens with one attached hydrogen (secondary N) is 2. The lowest BCUT2D eigenvalue weighted by molar-refractivity contribution is -0.126. The SMILES string of the molecule is CC1CC(C(=O)NC2CCCNC2C)CO1.